The van der Waals surface area contributed by atoms with Crippen molar-refractivity contribution in [2.45, 2.75) is 52.5 Å². The van der Waals surface area contributed by atoms with E-state index in [1.54, 1.807) is 0 Å². The zero-order chi connectivity index (χ0) is 15.5. The fourth-order valence-electron chi connectivity index (χ4n) is 2.08. The van der Waals surface area contributed by atoms with E-state index in [1.165, 1.54) is 0 Å². The van der Waals surface area contributed by atoms with E-state index in [9.17, 15) is 9.59 Å². The Balaban J connectivity index is 1.83. The molecule has 0 radical (unpaired) electrons. The van der Waals surface area contributed by atoms with Gasteiger partial charge < -0.3 is 10.6 Å². The molecule has 1 aliphatic rings. The zero-order valence-corrected chi connectivity index (χ0v) is 13.0. The average molecular weight is 288 g/mol. The minimum atomic E-state index is -0.0229. The Bertz CT molecular complexity index is 511. The van der Waals surface area contributed by atoms with Gasteiger partial charge in [-0.2, -0.15) is 0 Å². The molecule has 1 saturated carbocycles. The molecule has 0 bridgehead atoms. The molecule has 2 amide bonds. The first-order valence-corrected chi connectivity index (χ1v) is 7.50. The number of carbonyl (C=O) groups excluding carboxylic acids is 2. The molecule has 1 aliphatic carbocycles. The molecule has 21 heavy (non-hydrogen) atoms. The lowest BCUT2D eigenvalue weighted by Crippen LogP contribution is -2.26. The third kappa shape index (κ3) is 5.98. The first-order valence-electron chi connectivity index (χ1n) is 7.50. The predicted octanol–water partition coefficient (Wildman–Crippen LogP) is 2.88. The van der Waals surface area contributed by atoms with Crippen molar-refractivity contribution in [3.63, 3.8) is 0 Å². The summed E-state index contributed by atoms with van der Waals surface area (Å²) in [6, 6.07) is 7.87. The Kier molecular flexibility index (Phi) is 4.66. The Morgan fingerprint density at radius 2 is 1.71 bits per heavy atom. The molecule has 0 saturated heterocycles. The Morgan fingerprint density at radius 1 is 1.10 bits per heavy atom. The van der Waals surface area contributed by atoms with Gasteiger partial charge in [0.25, 0.3) is 0 Å². The quantitative estimate of drug-likeness (QED) is 0.875. The molecular weight excluding hydrogens is 264 g/mol. The van der Waals surface area contributed by atoms with Crippen LogP contribution in [0.2, 0.25) is 0 Å². The number of amides is 2. The number of carbonyl (C=O) groups is 2. The minimum Gasteiger partial charge on any atom is -0.353 e. The average Bonchev–Trinajstić information content (AvgIpc) is 3.13. The van der Waals surface area contributed by atoms with Gasteiger partial charge in [0.1, 0.15) is 0 Å². The van der Waals surface area contributed by atoms with E-state index in [2.05, 4.69) is 10.6 Å². The Morgan fingerprint density at radius 3 is 2.24 bits per heavy atom. The van der Waals surface area contributed by atoms with E-state index < -0.39 is 0 Å². The molecule has 0 atom stereocenters. The summed E-state index contributed by atoms with van der Waals surface area (Å²) in [7, 11) is 0. The number of nitrogens with one attached hydrogen (secondary N) is 2. The van der Waals surface area contributed by atoms with Crippen LogP contribution in [-0.2, 0) is 16.0 Å². The van der Waals surface area contributed by atoms with Crippen LogP contribution in [0.3, 0.4) is 0 Å². The number of hydrogen-bond donors (Lipinski definition) is 2. The minimum absolute atomic E-state index is 0.0155. The number of anilines is 1. The SMILES string of the molecule is CC(C)(C)CC(=O)Nc1ccc(CC(=O)NC2CC2)cc1. The van der Waals surface area contributed by atoms with E-state index in [1.807, 2.05) is 45.0 Å². The van der Waals surface area contributed by atoms with Crippen molar-refractivity contribution in [1.29, 1.82) is 0 Å². The topological polar surface area (TPSA) is 58.2 Å². The third-order valence-corrected chi connectivity index (χ3v) is 3.24. The molecule has 0 unspecified atom stereocenters. The molecular formula is C17H24N2O2. The first kappa shape index (κ1) is 15.5. The van der Waals surface area contributed by atoms with Crippen LogP contribution in [0.15, 0.2) is 24.3 Å². The highest BCUT2D eigenvalue weighted by molar-refractivity contribution is 5.91. The largest absolute Gasteiger partial charge is 0.353 e. The van der Waals surface area contributed by atoms with Crippen LogP contribution in [0.4, 0.5) is 5.69 Å². The summed E-state index contributed by atoms with van der Waals surface area (Å²) in [6.45, 7) is 6.11. The van der Waals surface area contributed by atoms with Crippen molar-refractivity contribution < 1.29 is 9.59 Å². The van der Waals surface area contributed by atoms with Crippen molar-refractivity contribution in [2.75, 3.05) is 5.32 Å². The summed E-state index contributed by atoms with van der Waals surface area (Å²) >= 11 is 0. The van der Waals surface area contributed by atoms with E-state index in [4.69, 9.17) is 0 Å². The van der Waals surface area contributed by atoms with Crippen molar-refractivity contribution in [3.8, 4) is 0 Å². The van der Waals surface area contributed by atoms with Crippen LogP contribution in [0.5, 0.6) is 0 Å². The third-order valence-electron chi connectivity index (χ3n) is 3.24. The Labute approximate surface area is 126 Å². The van der Waals surface area contributed by atoms with E-state index >= 15 is 0 Å². The highest BCUT2D eigenvalue weighted by atomic mass is 16.2. The summed E-state index contributed by atoms with van der Waals surface area (Å²) < 4.78 is 0. The molecule has 0 aliphatic heterocycles. The van der Waals surface area contributed by atoms with Crippen molar-refractivity contribution in [2.24, 2.45) is 5.41 Å². The van der Waals surface area contributed by atoms with Crippen molar-refractivity contribution >= 4 is 17.5 Å². The lowest BCUT2D eigenvalue weighted by molar-refractivity contribution is -0.120. The summed E-state index contributed by atoms with van der Waals surface area (Å²) in [6.07, 6.45) is 3.08. The Hall–Kier alpha value is -1.84. The maximum Gasteiger partial charge on any atom is 0.224 e. The van der Waals surface area contributed by atoms with Crippen LogP contribution in [0.1, 0.15) is 45.6 Å². The van der Waals surface area contributed by atoms with Gasteiger partial charge in [-0.15, -0.1) is 0 Å². The van der Waals surface area contributed by atoms with Crippen LogP contribution >= 0.6 is 0 Å². The number of benzene rings is 1. The fourth-order valence-corrected chi connectivity index (χ4v) is 2.08. The second kappa shape index (κ2) is 6.29. The smallest absolute Gasteiger partial charge is 0.224 e. The summed E-state index contributed by atoms with van der Waals surface area (Å²) in [5, 5.41) is 5.85. The van der Waals surface area contributed by atoms with Crippen LogP contribution < -0.4 is 10.6 Å². The van der Waals surface area contributed by atoms with Gasteiger partial charge in [-0.3, -0.25) is 9.59 Å². The van der Waals surface area contributed by atoms with Gasteiger partial charge in [0, 0.05) is 18.2 Å². The molecule has 2 N–H and O–H groups in total. The van der Waals surface area contributed by atoms with E-state index in [0.717, 1.165) is 24.1 Å². The highest BCUT2D eigenvalue weighted by Crippen LogP contribution is 2.20. The summed E-state index contributed by atoms with van der Waals surface area (Å²) in [5.41, 5.74) is 1.71. The van der Waals surface area contributed by atoms with Gasteiger partial charge in [-0.1, -0.05) is 32.9 Å². The number of hydrogen-bond acceptors (Lipinski definition) is 2. The molecule has 4 heteroatoms. The maximum absolute atomic E-state index is 11.8. The molecule has 1 aromatic rings. The van der Waals surface area contributed by atoms with Gasteiger partial charge in [0.15, 0.2) is 0 Å². The number of rotatable bonds is 5. The highest BCUT2D eigenvalue weighted by Gasteiger charge is 2.23. The summed E-state index contributed by atoms with van der Waals surface area (Å²) in [4.78, 5) is 23.5. The van der Waals surface area contributed by atoms with Gasteiger partial charge in [0.05, 0.1) is 6.42 Å². The molecule has 0 spiro atoms. The normalized spacial score (nSPS) is 14.6. The molecule has 4 nitrogen and oxygen atoms in total. The molecule has 114 valence electrons. The molecule has 0 aromatic heterocycles. The standard InChI is InChI=1S/C17H24N2O2/c1-17(2,3)11-16(21)19-13-6-4-12(5-7-13)10-15(20)18-14-8-9-14/h4-7,14H,8-11H2,1-3H3,(H,18,20)(H,19,21). The van der Waals surface area contributed by atoms with E-state index in [0.29, 0.717) is 18.9 Å². The predicted molar refractivity (Wildman–Crippen MR) is 84.0 cm³/mol. The molecule has 1 fully saturated rings. The van der Waals surface area contributed by atoms with Gasteiger partial charge in [0.2, 0.25) is 11.8 Å². The first-order chi connectivity index (χ1) is 9.82. The second-order valence-electron chi connectivity index (χ2n) is 7.00. The van der Waals surface area contributed by atoms with Gasteiger partial charge in [-0.25, -0.2) is 0 Å². The van der Waals surface area contributed by atoms with Gasteiger partial charge in [-0.05, 0) is 36.0 Å². The fraction of sp³-hybridized carbons (Fsp3) is 0.529. The lowest BCUT2D eigenvalue weighted by Gasteiger charge is -2.17. The van der Waals surface area contributed by atoms with Crippen LogP contribution in [0.25, 0.3) is 0 Å². The second-order valence-corrected chi connectivity index (χ2v) is 7.00. The molecule has 1 aromatic carbocycles. The van der Waals surface area contributed by atoms with Gasteiger partial charge >= 0.3 is 0 Å². The van der Waals surface area contributed by atoms with Crippen molar-refractivity contribution in [3.05, 3.63) is 29.8 Å². The molecule has 2 rings (SSSR count). The monoisotopic (exact) mass is 288 g/mol. The maximum atomic E-state index is 11.8. The van der Waals surface area contributed by atoms with Crippen molar-refractivity contribution in [1.82, 2.24) is 5.32 Å². The summed E-state index contributed by atoms with van der Waals surface area (Å²) in [5.74, 6) is 0.0868. The van der Waals surface area contributed by atoms with E-state index in [-0.39, 0.29) is 17.2 Å². The van der Waals surface area contributed by atoms with Crippen LogP contribution in [0, 0.1) is 5.41 Å². The lowest BCUT2D eigenvalue weighted by atomic mass is 9.92. The molecule has 0 heterocycles. The zero-order valence-electron chi connectivity index (χ0n) is 13.0. The van der Waals surface area contributed by atoms with Crippen LogP contribution in [-0.4, -0.2) is 17.9 Å².